The first-order valence-corrected chi connectivity index (χ1v) is 7.12. The standard InChI is InChI=1S/C18H23NO2/c1-12-8-9-17(20-4)15(10-12)16(19)11-21-18-13(2)6-5-7-14(18)3/h5-10,16H,11,19H2,1-4H3. The second kappa shape index (κ2) is 6.64. The van der Waals surface area contributed by atoms with Crippen LogP contribution in [0, 0.1) is 20.8 Å². The zero-order valence-electron chi connectivity index (χ0n) is 13.1. The van der Waals surface area contributed by atoms with E-state index < -0.39 is 0 Å². The molecule has 0 aliphatic heterocycles. The number of methoxy groups -OCH3 is 1. The van der Waals surface area contributed by atoms with E-state index in [0.717, 1.165) is 33.8 Å². The Balaban J connectivity index is 2.15. The van der Waals surface area contributed by atoms with Crippen LogP contribution in [0.5, 0.6) is 11.5 Å². The number of hydrogen-bond donors (Lipinski definition) is 1. The van der Waals surface area contributed by atoms with Crippen LogP contribution in [-0.2, 0) is 0 Å². The fraction of sp³-hybridized carbons (Fsp3) is 0.333. The van der Waals surface area contributed by atoms with Crippen LogP contribution >= 0.6 is 0 Å². The largest absolute Gasteiger partial charge is 0.496 e. The number of nitrogens with two attached hydrogens (primary N) is 1. The van der Waals surface area contributed by atoms with Gasteiger partial charge in [-0.3, -0.25) is 0 Å². The van der Waals surface area contributed by atoms with Gasteiger partial charge in [0.2, 0.25) is 0 Å². The molecule has 2 N–H and O–H groups in total. The Morgan fingerprint density at radius 3 is 2.33 bits per heavy atom. The maximum atomic E-state index is 6.28. The minimum Gasteiger partial charge on any atom is -0.496 e. The van der Waals surface area contributed by atoms with Gasteiger partial charge in [0.25, 0.3) is 0 Å². The average Bonchev–Trinajstić information content (AvgIpc) is 2.46. The first-order chi connectivity index (χ1) is 10.0. The second-order valence-corrected chi connectivity index (χ2v) is 5.38. The summed E-state index contributed by atoms with van der Waals surface area (Å²) in [5, 5.41) is 0. The molecule has 0 saturated carbocycles. The topological polar surface area (TPSA) is 44.5 Å². The lowest BCUT2D eigenvalue weighted by atomic mass is 10.0. The van der Waals surface area contributed by atoms with Gasteiger partial charge >= 0.3 is 0 Å². The number of para-hydroxylation sites is 1. The van der Waals surface area contributed by atoms with Gasteiger partial charge in [0.15, 0.2) is 0 Å². The number of hydrogen-bond acceptors (Lipinski definition) is 3. The SMILES string of the molecule is COc1ccc(C)cc1C(N)COc1c(C)cccc1C. The van der Waals surface area contributed by atoms with Crippen molar-refractivity contribution in [3.05, 3.63) is 58.7 Å². The van der Waals surface area contributed by atoms with Crippen LogP contribution in [0.4, 0.5) is 0 Å². The molecule has 0 aromatic heterocycles. The van der Waals surface area contributed by atoms with Crippen LogP contribution in [0.1, 0.15) is 28.3 Å². The third-order valence-corrected chi connectivity index (χ3v) is 3.60. The molecule has 3 nitrogen and oxygen atoms in total. The van der Waals surface area contributed by atoms with Gasteiger partial charge in [0, 0.05) is 5.56 Å². The summed E-state index contributed by atoms with van der Waals surface area (Å²) in [6.45, 7) is 6.55. The fourth-order valence-corrected chi connectivity index (χ4v) is 2.43. The molecule has 21 heavy (non-hydrogen) atoms. The van der Waals surface area contributed by atoms with E-state index in [2.05, 4.69) is 6.07 Å². The van der Waals surface area contributed by atoms with E-state index in [0.29, 0.717) is 6.61 Å². The van der Waals surface area contributed by atoms with E-state index in [9.17, 15) is 0 Å². The molecular weight excluding hydrogens is 262 g/mol. The summed E-state index contributed by atoms with van der Waals surface area (Å²) in [7, 11) is 1.66. The van der Waals surface area contributed by atoms with Crippen molar-refractivity contribution in [2.24, 2.45) is 5.73 Å². The lowest BCUT2D eigenvalue weighted by Gasteiger charge is -2.19. The highest BCUT2D eigenvalue weighted by Gasteiger charge is 2.14. The molecule has 2 rings (SSSR count). The highest BCUT2D eigenvalue weighted by atomic mass is 16.5. The van der Waals surface area contributed by atoms with Crippen molar-refractivity contribution in [2.45, 2.75) is 26.8 Å². The van der Waals surface area contributed by atoms with Crippen molar-refractivity contribution in [3.8, 4) is 11.5 Å². The molecule has 0 bridgehead atoms. The Labute approximate surface area is 126 Å². The molecule has 0 fully saturated rings. The molecule has 0 heterocycles. The first kappa shape index (κ1) is 15.4. The van der Waals surface area contributed by atoms with Crippen LogP contribution in [-0.4, -0.2) is 13.7 Å². The Kier molecular flexibility index (Phi) is 4.86. The van der Waals surface area contributed by atoms with E-state index >= 15 is 0 Å². The molecule has 0 aliphatic rings. The Morgan fingerprint density at radius 2 is 1.71 bits per heavy atom. The van der Waals surface area contributed by atoms with E-state index in [1.54, 1.807) is 7.11 Å². The molecule has 2 aromatic carbocycles. The normalized spacial score (nSPS) is 12.0. The minimum atomic E-state index is -0.223. The average molecular weight is 285 g/mol. The molecule has 112 valence electrons. The Hall–Kier alpha value is -2.00. The van der Waals surface area contributed by atoms with Gasteiger partial charge in [-0.2, -0.15) is 0 Å². The number of aryl methyl sites for hydroxylation is 3. The smallest absolute Gasteiger partial charge is 0.125 e. The van der Waals surface area contributed by atoms with Crippen LogP contribution in [0.2, 0.25) is 0 Å². The van der Waals surface area contributed by atoms with Crippen LogP contribution < -0.4 is 15.2 Å². The van der Waals surface area contributed by atoms with Crippen molar-refractivity contribution in [1.29, 1.82) is 0 Å². The van der Waals surface area contributed by atoms with Gasteiger partial charge in [0.05, 0.1) is 13.2 Å². The van der Waals surface area contributed by atoms with Gasteiger partial charge in [-0.15, -0.1) is 0 Å². The van der Waals surface area contributed by atoms with Gasteiger partial charge in [-0.05, 0) is 38.0 Å². The third-order valence-electron chi connectivity index (χ3n) is 3.60. The molecule has 1 unspecified atom stereocenters. The number of ether oxygens (including phenoxy) is 2. The highest BCUT2D eigenvalue weighted by Crippen LogP contribution is 2.27. The van der Waals surface area contributed by atoms with Crippen molar-refractivity contribution >= 4 is 0 Å². The summed E-state index contributed by atoms with van der Waals surface area (Å²) in [6.07, 6.45) is 0. The Bertz CT molecular complexity index is 602. The molecular formula is C18H23NO2. The molecule has 1 atom stereocenters. The maximum Gasteiger partial charge on any atom is 0.125 e. The molecule has 3 heteroatoms. The van der Waals surface area contributed by atoms with Crippen molar-refractivity contribution < 1.29 is 9.47 Å². The summed E-state index contributed by atoms with van der Waals surface area (Å²) >= 11 is 0. The van der Waals surface area contributed by atoms with Gasteiger partial charge in [-0.25, -0.2) is 0 Å². The molecule has 0 amide bonds. The molecule has 0 radical (unpaired) electrons. The second-order valence-electron chi connectivity index (χ2n) is 5.38. The minimum absolute atomic E-state index is 0.223. The van der Waals surface area contributed by atoms with Gasteiger partial charge < -0.3 is 15.2 Å². The van der Waals surface area contributed by atoms with Crippen molar-refractivity contribution in [3.63, 3.8) is 0 Å². The van der Waals surface area contributed by atoms with E-state index in [-0.39, 0.29) is 6.04 Å². The van der Waals surface area contributed by atoms with E-state index in [4.69, 9.17) is 15.2 Å². The monoisotopic (exact) mass is 285 g/mol. The summed E-state index contributed by atoms with van der Waals surface area (Å²) in [6, 6.07) is 11.9. The molecule has 0 spiro atoms. The summed E-state index contributed by atoms with van der Waals surface area (Å²) < 4.78 is 11.3. The summed E-state index contributed by atoms with van der Waals surface area (Å²) in [4.78, 5) is 0. The summed E-state index contributed by atoms with van der Waals surface area (Å²) in [5.41, 5.74) is 10.7. The first-order valence-electron chi connectivity index (χ1n) is 7.12. The van der Waals surface area contributed by atoms with Crippen LogP contribution in [0.25, 0.3) is 0 Å². The van der Waals surface area contributed by atoms with Crippen molar-refractivity contribution in [2.75, 3.05) is 13.7 Å². The predicted molar refractivity (Wildman–Crippen MR) is 86.1 cm³/mol. The third kappa shape index (κ3) is 3.56. The number of benzene rings is 2. The zero-order valence-corrected chi connectivity index (χ0v) is 13.1. The molecule has 0 aliphatic carbocycles. The fourth-order valence-electron chi connectivity index (χ4n) is 2.43. The summed E-state index contributed by atoms with van der Waals surface area (Å²) in [5.74, 6) is 1.72. The van der Waals surface area contributed by atoms with Crippen LogP contribution in [0.15, 0.2) is 36.4 Å². The zero-order chi connectivity index (χ0) is 15.4. The van der Waals surface area contributed by atoms with E-state index in [1.165, 1.54) is 0 Å². The van der Waals surface area contributed by atoms with Crippen LogP contribution in [0.3, 0.4) is 0 Å². The van der Waals surface area contributed by atoms with E-state index in [1.807, 2.05) is 51.1 Å². The molecule has 2 aromatic rings. The lowest BCUT2D eigenvalue weighted by molar-refractivity contribution is 0.283. The Morgan fingerprint density at radius 1 is 1.05 bits per heavy atom. The predicted octanol–water partition coefficient (Wildman–Crippen LogP) is 3.70. The highest BCUT2D eigenvalue weighted by molar-refractivity contribution is 5.41. The van der Waals surface area contributed by atoms with Crippen molar-refractivity contribution in [1.82, 2.24) is 0 Å². The quantitative estimate of drug-likeness (QED) is 0.911. The maximum absolute atomic E-state index is 6.28. The number of rotatable bonds is 5. The van der Waals surface area contributed by atoms with Gasteiger partial charge in [0.1, 0.15) is 18.1 Å². The molecule has 0 saturated heterocycles. The lowest BCUT2D eigenvalue weighted by Crippen LogP contribution is -2.20. The van der Waals surface area contributed by atoms with Gasteiger partial charge in [-0.1, -0.05) is 35.9 Å².